The van der Waals surface area contributed by atoms with Crippen molar-refractivity contribution in [2.45, 2.75) is 20.4 Å². The maximum Gasteiger partial charge on any atom is 0.274 e. The van der Waals surface area contributed by atoms with Gasteiger partial charge in [0.25, 0.3) is 5.91 Å². The molecule has 0 saturated heterocycles. The number of nitrogens with zero attached hydrogens (tertiary/aromatic N) is 3. The van der Waals surface area contributed by atoms with E-state index in [9.17, 15) is 9.90 Å². The summed E-state index contributed by atoms with van der Waals surface area (Å²) in [6.45, 7) is 4.20. The minimum atomic E-state index is -0.402. The van der Waals surface area contributed by atoms with E-state index in [1.165, 1.54) is 12.3 Å². The van der Waals surface area contributed by atoms with Crippen molar-refractivity contribution in [2.24, 2.45) is 7.05 Å². The number of aryl methyl sites for hydroxylation is 2. The number of nitrogens with one attached hydrogen (secondary N) is 1. The van der Waals surface area contributed by atoms with Crippen molar-refractivity contribution in [3.05, 3.63) is 41.0 Å². The van der Waals surface area contributed by atoms with Crippen molar-refractivity contribution < 1.29 is 9.90 Å². The topological polar surface area (TPSA) is 80.0 Å². The van der Waals surface area contributed by atoms with Crippen LogP contribution in [0.4, 0.5) is 0 Å². The van der Waals surface area contributed by atoms with E-state index < -0.39 is 5.91 Å². The third kappa shape index (κ3) is 2.57. The molecule has 2 rings (SSSR count). The molecule has 100 valence electrons. The lowest BCUT2D eigenvalue weighted by Crippen LogP contribution is -2.24. The van der Waals surface area contributed by atoms with Gasteiger partial charge in [0.05, 0.1) is 5.69 Å². The average Bonchev–Trinajstić information content (AvgIpc) is 2.61. The summed E-state index contributed by atoms with van der Waals surface area (Å²) in [5, 5.41) is 16.6. The average molecular weight is 260 g/mol. The standard InChI is InChI=1S/C13H16N4O2/c1-8-10(9(2)17(3)16-8)7-15-13(19)12-11(18)5-4-6-14-12/h4-6,18H,7H2,1-3H3,(H,15,19). The van der Waals surface area contributed by atoms with Crippen LogP contribution < -0.4 is 5.32 Å². The minimum absolute atomic E-state index is 0.0293. The Balaban J connectivity index is 2.11. The maximum atomic E-state index is 11.9. The molecule has 2 aromatic rings. The quantitative estimate of drug-likeness (QED) is 0.865. The van der Waals surface area contributed by atoms with E-state index in [1.807, 2.05) is 20.9 Å². The van der Waals surface area contributed by atoms with Crippen molar-refractivity contribution in [3.63, 3.8) is 0 Å². The van der Waals surface area contributed by atoms with Crippen LogP contribution in [0.3, 0.4) is 0 Å². The van der Waals surface area contributed by atoms with E-state index in [1.54, 1.807) is 10.7 Å². The second-order valence-corrected chi connectivity index (χ2v) is 4.33. The van der Waals surface area contributed by atoms with E-state index in [-0.39, 0.29) is 11.4 Å². The number of pyridine rings is 1. The monoisotopic (exact) mass is 260 g/mol. The van der Waals surface area contributed by atoms with E-state index in [0.29, 0.717) is 6.54 Å². The van der Waals surface area contributed by atoms with E-state index in [0.717, 1.165) is 17.0 Å². The Kier molecular flexibility index (Phi) is 3.50. The summed E-state index contributed by atoms with van der Waals surface area (Å²) in [6.07, 6.45) is 1.47. The summed E-state index contributed by atoms with van der Waals surface area (Å²) < 4.78 is 1.77. The highest BCUT2D eigenvalue weighted by Gasteiger charge is 2.14. The fraction of sp³-hybridized carbons (Fsp3) is 0.308. The van der Waals surface area contributed by atoms with Crippen molar-refractivity contribution in [1.29, 1.82) is 0 Å². The highest BCUT2D eigenvalue weighted by Crippen LogP contribution is 2.14. The lowest BCUT2D eigenvalue weighted by atomic mass is 10.2. The zero-order valence-corrected chi connectivity index (χ0v) is 11.1. The fourth-order valence-electron chi connectivity index (χ4n) is 1.90. The number of rotatable bonds is 3. The van der Waals surface area contributed by atoms with Crippen LogP contribution in [0.5, 0.6) is 5.75 Å². The van der Waals surface area contributed by atoms with Crippen LogP contribution >= 0.6 is 0 Å². The summed E-state index contributed by atoms with van der Waals surface area (Å²) in [5.41, 5.74) is 2.89. The Morgan fingerprint density at radius 2 is 2.21 bits per heavy atom. The first-order valence-corrected chi connectivity index (χ1v) is 5.92. The molecule has 0 radical (unpaired) electrons. The molecule has 0 bridgehead atoms. The molecule has 2 heterocycles. The van der Waals surface area contributed by atoms with Gasteiger partial charge in [-0.1, -0.05) is 0 Å². The fourth-order valence-corrected chi connectivity index (χ4v) is 1.90. The highest BCUT2D eigenvalue weighted by molar-refractivity contribution is 5.94. The molecule has 19 heavy (non-hydrogen) atoms. The molecule has 0 aliphatic heterocycles. The Labute approximate surface area is 111 Å². The van der Waals surface area contributed by atoms with Gasteiger partial charge in [0.2, 0.25) is 0 Å². The third-order valence-electron chi connectivity index (χ3n) is 3.09. The van der Waals surface area contributed by atoms with Crippen LogP contribution in [-0.4, -0.2) is 25.8 Å². The van der Waals surface area contributed by atoms with Crippen LogP contribution in [0.1, 0.15) is 27.4 Å². The van der Waals surface area contributed by atoms with Crippen molar-refractivity contribution >= 4 is 5.91 Å². The molecule has 0 aliphatic carbocycles. The first kappa shape index (κ1) is 13.1. The van der Waals surface area contributed by atoms with E-state index in [2.05, 4.69) is 15.4 Å². The second-order valence-electron chi connectivity index (χ2n) is 4.33. The zero-order chi connectivity index (χ0) is 14.0. The lowest BCUT2D eigenvalue weighted by molar-refractivity contribution is 0.0943. The Bertz CT molecular complexity index is 619. The van der Waals surface area contributed by atoms with Gasteiger partial charge in [0.1, 0.15) is 5.75 Å². The molecule has 6 nitrogen and oxygen atoms in total. The Morgan fingerprint density at radius 1 is 1.47 bits per heavy atom. The number of hydrogen-bond acceptors (Lipinski definition) is 4. The molecule has 0 spiro atoms. The summed E-state index contributed by atoms with van der Waals surface area (Å²) in [5.74, 6) is -0.527. The molecule has 0 atom stereocenters. The molecule has 2 N–H and O–H groups in total. The van der Waals surface area contributed by atoms with Gasteiger partial charge >= 0.3 is 0 Å². The Morgan fingerprint density at radius 3 is 2.79 bits per heavy atom. The molecule has 1 amide bonds. The van der Waals surface area contributed by atoms with E-state index in [4.69, 9.17) is 0 Å². The van der Waals surface area contributed by atoms with Crippen LogP contribution in [0.2, 0.25) is 0 Å². The van der Waals surface area contributed by atoms with Crippen molar-refractivity contribution in [3.8, 4) is 5.75 Å². The molecule has 0 aliphatic rings. The van der Waals surface area contributed by atoms with Gasteiger partial charge in [0.15, 0.2) is 5.69 Å². The molecule has 6 heteroatoms. The highest BCUT2D eigenvalue weighted by atomic mass is 16.3. The summed E-state index contributed by atoms with van der Waals surface area (Å²) in [4.78, 5) is 15.8. The SMILES string of the molecule is Cc1nn(C)c(C)c1CNC(=O)c1ncccc1O. The maximum absolute atomic E-state index is 11.9. The lowest BCUT2D eigenvalue weighted by Gasteiger charge is -2.06. The molecule has 0 saturated carbocycles. The van der Waals surface area contributed by atoms with Gasteiger partial charge in [0, 0.05) is 31.0 Å². The smallest absolute Gasteiger partial charge is 0.274 e. The number of carbonyl (C=O) groups excluding carboxylic acids is 1. The van der Waals surface area contributed by atoms with Gasteiger partial charge in [-0.15, -0.1) is 0 Å². The molecular formula is C13H16N4O2. The molecule has 0 aromatic carbocycles. The number of hydrogen-bond donors (Lipinski definition) is 2. The number of aromatic hydroxyl groups is 1. The van der Waals surface area contributed by atoms with Gasteiger partial charge in [-0.25, -0.2) is 4.98 Å². The first-order chi connectivity index (χ1) is 9.00. The third-order valence-corrected chi connectivity index (χ3v) is 3.09. The van der Waals surface area contributed by atoms with Crippen molar-refractivity contribution in [2.75, 3.05) is 0 Å². The summed E-state index contributed by atoms with van der Waals surface area (Å²) >= 11 is 0. The van der Waals surface area contributed by atoms with Gasteiger partial charge in [-0.05, 0) is 26.0 Å². The molecule has 0 unspecified atom stereocenters. The van der Waals surface area contributed by atoms with E-state index >= 15 is 0 Å². The normalized spacial score (nSPS) is 10.5. The zero-order valence-electron chi connectivity index (χ0n) is 11.1. The Hall–Kier alpha value is -2.37. The number of amides is 1. The first-order valence-electron chi connectivity index (χ1n) is 5.92. The van der Waals surface area contributed by atoms with Crippen molar-refractivity contribution in [1.82, 2.24) is 20.1 Å². The largest absolute Gasteiger partial charge is 0.505 e. The van der Waals surface area contributed by atoms with Gasteiger partial charge in [-0.3, -0.25) is 9.48 Å². The second kappa shape index (κ2) is 5.09. The predicted octanol–water partition coefficient (Wildman–Crippen LogP) is 1.07. The van der Waals surface area contributed by atoms with Gasteiger partial charge < -0.3 is 10.4 Å². The summed E-state index contributed by atoms with van der Waals surface area (Å²) in [6, 6.07) is 3.00. The van der Waals surface area contributed by atoms with Crippen LogP contribution in [0.25, 0.3) is 0 Å². The molecule has 0 fully saturated rings. The number of carbonyl (C=O) groups is 1. The van der Waals surface area contributed by atoms with Crippen LogP contribution in [0, 0.1) is 13.8 Å². The minimum Gasteiger partial charge on any atom is -0.505 e. The van der Waals surface area contributed by atoms with Crippen LogP contribution in [-0.2, 0) is 13.6 Å². The molecular weight excluding hydrogens is 244 g/mol. The van der Waals surface area contributed by atoms with Gasteiger partial charge in [-0.2, -0.15) is 5.10 Å². The molecule has 2 aromatic heterocycles. The number of aromatic nitrogens is 3. The predicted molar refractivity (Wildman–Crippen MR) is 69.8 cm³/mol. The van der Waals surface area contributed by atoms with Crippen LogP contribution in [0.15, 0.2) is 18.3 Å². The summed E-state index contributed by atoms with van der Waals surface area (Å²) in [7, 11) is 1.86.